The van der Waals surface area contributed by atoms with Crippen molar-refractivity contribution in [1.29, 1.82) is 0 Å². The average Bonchev–Trinajstić information content (AvgIpc) is 3.26. The number of nitrogens with zero attached hydrogens (tertiary/aromatic N) is 1. The molecule has 0 fully saturated rings. The molecule has 0 saturated carbocycles. The minimum Gasteiger partial charge on any atom is -0.497 e. The first-order chi connectivity index (χ1) is 15.5. The molecule has 5 aromatic rings. The molecular formula is C26H20N2O3S. The van der Waals surface area contributed by atoms with E-state index >= 15 is 0 Å². The second kappa shape index (κ2) is 7.98. The van der Waals surface area contributed by atoms with Crippen molar-refractivity contribution in [2.24, 2.45) is 0 Å². The number of ether oxygens (including phenoxy) is 1. The Hall–Kier alpha value is -3.90. The van der Waals surface area contributed by atoms with Crippen LogP contribution in [0.1, 0.15) is 11.4 Å². The van der Waals surface area contributed by atoms with E-state index in [1.54, 1.807) is 43.5 Å². The smallest absolute Gasteiger partial charge is 0.210 e. The molecule has 0 amide bonds. The molecular weight excluding hydrogens is 420 g/mol. The summed E-state index contributed by atoms with van der Waals surface area (Å²) in [5, 5.41) is 2.00. The van der Waals surface area contributed by atoms with Crippen molar-refractivity contribution in [3.8, 4) is 5.75 Å². The van der Waals surface area contributed by atoms with E-state index in [1.165, 1.54) is 0 Å². The number of H-pyrrole nitrogens is 1. The number of aromatic nitrogens is 2. The number of rotatable bonds is 5. The van der Waals surface area contributed by atoms with Gasteiger partial charge >= 0.3 is 0 Å². The summed E-state index contributed by atoms with van der Waals surface area (Å²) in [5.41, 5.74) is 2.25. The largest absolute Gasteiger partial charge is 0.497 e. The topological polar surface area (TPSA) is 72.0 Å². The Kier molecular flexibility index (Phi) is 4.99. The lowest BCUT2D eigenvalue weighted by Crippen LogP contribution is -2.05. The molecule has 1 N–H and O–H groups in total. The van der Waals surface area contributed by atoms with Gasteiger partial charge in [0.25, 0.3) is 0 Å². The van der Waals surface area contributed by atoms with Crippen LogP contribution in [0.15, 0.2) is 95.9 Å². The highest BCUT2D eigenvalue weighted by molar-refractivity contribution is 8.00. The Labute approximate surface area is 185 Å². The third kappa shape index (κ3) is 3.65. The lowest BCUT2D eigenvalue weighted by Gasteiger charge is -2.09. The van der Waals surface area contributed by atoms with Gasteiger partial charge in [0, 0.05) is 0 Å². The molecule has 0 bridgehead atoms. The predicted octanol–water partition coefficient (Wildman–Crippen LogP) is 5.70. The third-order valence-corrected chi connectivity index (χ3v) is 7.12. The highest BCUT2D eigenvalue weighted by Crippen LogP contribution is 2.31. The Morgan fingerprint density at radius 3 is 2.38 bits per heavy atom. The summed E-state index contributed by atoms with van der Waals surface area (Å²) >= 11 is 0. The van der Waals surface area contributed by atoms with Crippen molar-refractivity contribution >= 4 is 42.6 Å². The maximum Gasteiger partial charge on any atom is 0.210 e. The lowest BCUT2D eigenvalue weighted by atomic mass is 10.1. The molecule has 4 aromatic carbocycles. The van der Waals surface area contributed by atoms with Gasteiger partial charge in [-0.1, -0.05) is 48.5 Å². The molecule has 5 nitrogen and oxygen atoms in total. The van der Waals surface area contributed by atoms with Gasteiger partial charge in [0.15, 0.2) is 0 Å². The number of sulfone groups is 1. The van der Waals surface area contributed by atoms with Crippen molar-refractivity contribution < 1.29 is 13.2 Å². The number of imidazole rings is 1. The zero-order valence-electron chi connectivity index (χ0n) is 17.3. The molecule has 32 heavy (non-hydrogen) atoms. The van der Waals surface area contributed by atoms with Gasteiger partial charge in [0.2, 0.25) is 9.84 Å². The fraction of sp³-hybridized carbons (Fsp3) is 0.0385. The first-order valence-corrected chi connectivity index (χ1v) is 11.6. The van der Waals surface area contributed by atoms with Crippen LogP contribution < -0.4 is 4.74 Å². The lowest BCUT2D eigenvalue weighted by molar-refractivity contribution is 0.415. The number of benzene rings is 4. The molecule has 0 saturated heterocycles. The van der Waals surface area contributed by atoms with Gasteiger partial charge in [-0.25, -0.2) is 13.4 Å². The highest BCUT2D eigenvalue weighted by atomic mass is 32.2. The van der Waals surface area contributed by atoms with Crippen LogP contribution in [-0.4, -0.2) is 25.5 Å². The summed E-state index contributed by atoms with van der Waals surface area (Å²) < 4.78 is 32.5. The van der Waals surface area contributed by atoms with Gasteiger partial charge in [0.05, 0.1) is 23.0 Å². The van der Waals surface area contributed by atoms with Crippen LogP contribution in [0.25, 0.3) is 32.8 Å². The van der Waals surface area contributed by atoms with Gasteiger partial charge in [-0.05, 0) is 64.9 Å². The van der Waals surface area contributed by atoms with E-state index in [0.717, 1.165) is 27.6 Å². The van der Waals surface area contributed by atoms with E-state index in [-0.39, 0.29) is 9.80 Å². The zero-order chi connectivity index (χ0) is 22.1. The molecule has 0 aliphatic heterocycles. The first kappa shape index (κ1) is 20.0. The normalized spacial score (nSPS) is 12.3. The Morgan fingerprint density at radius 2 is 1.59 bits per heavy atom. The maximum atomic E-state index is 13.6. The number of para-hydroxylation sites is 2. The maximum absolute atomic E-state index is 13.6. The standard InChI is InChI=1S/C26H20N2O3S/c1-31-21-14-13-19-15-18(11-12-20(19)17-21)16-25(32(29,30)22-7-3-2-4-8-22)26-27-23-9-5-6-10-24(23)28-26/h2-17H,1H3,(H,27,28)/b25-16+. The Balaban J connectivity index is 1.70. The van der Waals surface area contributed by atoms with Crippen molar-refractivity contribution in [3.63, 3.8) is 0 Å². The van der Waals surface area contributed by atoms with Crippen LogP contribution in [-0.2, 0) is 9.84 Å². The molecule has 0 aliphatic carbocycles. The highest BCUT2D eigenvalue weighted by Gasteiger charge is 2.25. The molecule has 0 spiro atoms. The summed E-state index contributed by atoms with van der Waals surface area (Å²) in [4.78, 5) is 8.07. The molecule has 158 valence electrons. The van der Waals surface area contributed by atoms with E-state index in [1.807, 2.05) is 60.7 Å². The van der Waals surface area contributed by atoms with Crippen molar-refractivity contribution in [3.05, 3.63) is 102 Å². The second-order valence-electron chi connectivity index (χ2n) is 7.40. The quantitative estimate of drug-likeness (QED) is 0.381. The number of methoxy groups -OCH3 is 1. The molecule has 0 atom stereocenters. The molecule has 0 aliphatic rings. The van der Waals surface area contributed by atoms with E-state index in [2.05, 4.69) is 9.97 Å². The summed E-state index contributed by atoms with van der Waals surface area (Å²) in [6.45, 7) is 0. The van der Waals surface area contributed by atoms with Crippen LogP contribution in [0.5, 0.6) is 5.75 Å². The summed E-state index contributed by atoms with van der Waals surface area (Å²) in [5.74, 6) is 1.08. The Bertz CT molecular complexity index is 1540. The van der Waals surface area contributed by atoms with Crippen molar-refractivity contribution in [1.82, 2.24) is 9.97 Å². The molecule has 5 rings (SSSR count). The minimum absolute atomic E-state index is 0.118. The number of fused-ring (bicyclic) bond motifs is 2. The number of nitrogens with one attached hydrogen (secondary N) is 1. The summed E-state index contributed by atoms with van der Waals surface area (Å²) in [7, 11) is -2.19. The van der Waals surface area contributed by atoms with Crippen molar-refractivity contribution in [2.75, 3.05) is 7.11 Å². The van der Waals surface area contributed by atoms with Crippen LogP contribution in [0.3, 0.4) is 0 Å². The summed E-state index contributed by atoms with van der Waals surface area (Å²) in [6.07, 6.45) is 1.67. The van der Waals surface area contributed by atoms with Gasteiger partial charge < -0.3 is 9.72 Å². The SMILES string of the molecule is COc1ccc2cc(/C=C(\c3nc4ccccc4[nH]3)S(=O)(=O)c3ccccc3)ccc2c1. The van der Waals surface area contributed by atoms with Gasteiger partial charge in [-0.3, -0.25) is 0 Å². The molecule has 1 heterocycles. The molecule has 6 heteroatoms. The van der Waals surface area contributed by atoms with Crippen molar-refractivity contribution in [2.45, 2.75) is 4.90 Å². The number of hydrogen-bond acceptors (Lipinski definition) is 4. The zero-order valence-corrected chi connectivity index (χ0v) is 18.1. The monoisotopic (exact) mass is 440 g/mol. The minimum atomic E-state index is -3.82. The third-order valence-electron chi connectivity index (χ3n) is 5.34. The fourth-order valence-electron chi connectivity index (χ4n) is 3.68. The van der Waals surface area contributed by atoms with Crippen LogP contribution in [0.4, 0.5) is 0 Å². The number of aromatic amines is 1. The van der Waals surface area contributed by atoms with E-state index in [9.17, 15) is 8.42 Å². The molecule has 1 aromatic heterocycles. The van der Waals surface area contributed by atoms with E-state index < -0.39 is 9.84 Å². The van der Waals surface area contributed by atoms with Gasteiger partial charge in [-0.15, -0.1) is 0 Å². The number of hydrogen-bond donors (Lipinski definition) is 1. The Morgan fingerprint density at radius 1 is 0.875 bits per heavy atom. The fourth-order valence-corrected chi connectivity index (χ4v) is 5.09. The van der Waals surface area contributed by atoms with E-state index in [0.29, 0.717) is 11.3 Å². The first-order valence-electron chi connectivity index (χ1n) is 10.1. The molecule has 0 radical (unpaired) electrons. The second-order valence-corrected chi connectivity index (χ2v) is 9.32. The summed E-state index contributed by atoms with van der Waals surface area (Å²) in [6, 6.07) is 27.5. The van der Waals surface area contributed by atoms with Crippen LogP contribution in [0.2, 0.25) is 0 Å². The van der Waals surface area contributed by atoms with Gasteiger partial charge in [0.1, 0.15) is 16.5 Å². The van der Waals surface area contributed by atoms with Gasteiger partial charge in [-0.2, -0.15) is 0 Å². The molecule has 0 unspecified atom stereocenters. The van der Waals surface area contributed by atoms with Crippen LogP contribution in [0, 0.1) is 0 Å². The predicted molar refractivity (Wildman–Crippen MR) is 128 cm³/mol. The van der Waals surface area contributed by atoms with E-state index in [4.69, 9.17) is 4.74 Å². The average molecular weight is 441 g/mol. The van der Waals surface area contributed by atoms with Crippen LogP contribution >= 0.6 is 0 Å².